The van der Waals surface area contributed by atoms with Gasteiger partial charge in [-0.25, -0.2) is 0 Å². The summed E-state index contributed by atoms with van der Waals surface area (Å²) in [5.41, 5.74) is 2.34. The third-order valence-electron chi connectivity index (χ3n) is 4.45. The predicted molar refractivity (Wildman–Crippen MR) is 88.3 cm³/mol. The van der Waals surface area contributed by atoms with E-state index in [2.05, 4.69) is 4.98 Å². The van der Waals surface area contributed by atoms with E-state index in [9.17, 15) is 9.90 Å². The summed E-state index contributed by atoms with van der Waals surface area (Å²) in [6.45, 7) is 6.55. The van der Waals surface area contributed by atoms with E-state index in [0.717, 1.165) is 17.9 Å². The van der Waals surface area contributed by atoms with E-state index in [4.69, 9.17) is 5.11 Å². The van der Waals surface area contributed by atoms with Crippen molar-refractivity contribution < 1.29 is 15.0 Å². The molecule has 2 atom stereocenters. The lowest BCUT2D eigenvalue weighted by Gasteiger charge is -2.23. The molecule has 1 aromatic heterocycles. The number of carbonyl (C=O) groups is 1. The van der Waals surface area contributed by atoms with Gasteiger partial charge >= 0.3 is 0 Å². The summed E-state index contributed by atoms with van der Waals surface area (Å²) in [5.74, 6) is 0.318. The van der Waals surface area contributed by atoms with Crippen LogP contribution in [-0.2, 0) is 0 Å². The SMILES string of the molecule is Cc1cc(C(=O)N2C[C@@H](CN(C)CCO)[C@@H](CO)C2)cc(C)n1. The molecule has 0 saturated carbocycles. The van der Waals surface area contributed by atoms with Crippen LogP contribution in [0.3, 0.4) is 0 Å². The second-order valence-corrected chi connectivity index (χ2v) is 6.54. The van der Waals surface area contributed by atoms with E-state index in [0.29, 0.717) is 25.2 Å². The number of carbonyl (C=O) groups excluding carboxylic acids is 1. The number of aliphatic hydroxyl groups is 2. The number of amides is 1. The number of aryl methyl sites for hydroxylation is 2. The van der Waals surface area contributed by atoms with Crippen molar-refractivity contribution in [3.63, 3.8) is 0 Å². The lowest BCUT2D eigenvalue weighted by Crippen LogP contribution is -2.33. The van der Waals surface area contributed by atoms with Gasteiger partial charge in [0.05, 0.1) is 6.61 Å². The van der Waals surface area contributed by atoms with Crippen LogP contribution in [0.15, 0.2) is 12.1 Å². The van der Waals surface area contributed by atoms with Gasteiger partial charge < -0.3 is 20.0 Å². The fourth-order valence-electron chi connectivity index (χ4n) is 3.32. The van der Waals surface area contributed by atoms with Gasteiger partial charge in [0.15, 0.2) is 0 Å². The number of aromatic nitrogens is 1. The third kappa shape index (κ3) is 4.50. The normalized spacial score (nSPS) is 21.2. The van der Waals surface area contributed by atoms with Crippen molar-refractivity contribution in [3.05, 3.63) is 29.1 Å². The molecule has 0 radical (unpaired) electrons. The Balaban J connectivity index is 2.07. The van der Waals surface area contributed by atoms with Gasteiger partial charge in [0.25, 0.3) is 5.91 Å². The molecule has 6 heteroatoms. The van der Waals surface area contributed by atoms with Crippen molar-refractivity contribution in [2.45, 2.75) is 13.8 Å². The lowest BCUT2D eigenvalue weighted by molar-refractivity contribution is 0.0778. The molecule has 0 spiro atoms. The molecule has 0 aliphatic carbocycles. The molecule has 1 saturated heterocycles. The summed E-state index contributed by atoms with van der Waals surface area (Å²) in [7, 11) is 1.95. The maximum absolute atomic E-state index is 12.7. The Bertz CT molecular complexity index is 530. The monoisotopic (exact) mass is 321 g/mol. The van der Waals surface area contributed by atoms with Crippen LogP contribution in [0.1, 0.15) is 21.7 Å². The molecular weight excluding hydrogens is 294 g/mol. The smallest absolute Gasteiger partial charge is 0.254 e. The minimum atomic E-state index is 0.00404. The zero-order valence-electron chi connectivity index (χ0n) is 14.2. The Hall–Kier alpha value is -1.50. The number of likely N-dealkylation sites (N-methyl/N-ethyl adjacent to an activating group) is 1. The highest BCUT2D eigenvalue weighted by Gasteiger charge is 2.35. The van der Waals surface area contributed by atoms with Gasteiger partial charge in [-0.15, -0.1) is 0 Å². The maximum Gasteiger partial charge on any atom is 0.254 e. The van der Waals surface area contributed by atoms with Gasteiger partial charge in [0, 0.05) is 55.7 Å². The number of rotatable bonds is 6. The molecular formula is C17H27N3O3. The number of pyridine rings is 1. The van der Waals surface area contributed by atoms with Crippen LogP contribution >= 0.6 is 0 Å². The lowest BCUT2D eigenvalue weighted by atomic mass is 9.96. The summed E-state index contributed by atoms with van der Waals surface area (Å²) >= 11 is 0. The predicted octanol–water partition coefficient (Wildman–Crippen LogP) is 0.303. The van der Waals surface area contributed by atoms with E-state index < -0.39 is 0 Å². The van der Waals surface area contributed by atoms with Crippen molar-refractivity contribution in [1.82, 2.24) is 14.8 Å². The molecule has 1 fully saturated rings. The largest absolute Gasteiger partial charge is 0.396 e. The van der Waals surface area contributed by atoms with Crippen molar-refractivity contribution >= 4 is 5.91 Å². The first-order valence-electron chi connectivity index (χ1n) is 8.09. The molecule has 0 unspecified atom stereocenters. The van der Waals surface area contributed by atoms with E-state index in [1.807, 2.05) is 42.8 Å². The first-order chi connectivity index (χ1) is 10.9. The fraction of sp³-hybridized carbons (Fsp3) is 0.647. The summed E-state index contributed by atoms with van der Waals surface area (Å²) in [4.78, 5) is 20.9. The summed E-state index contributed by atoms with van der Waals surface area (Å²) in [6.07, 6.45) is 0. The Kier molecular flexibility index (Phi) is 6.10. The first-order valence-corrected chi connectivity index (χ1v) is 8.09. The van der Waals surface area contributed by atoms with Crippen LogP contribution < -0.4 is 0 Å². The molecule has 1 aliphatic rings. The zero-order valence-corrected chi connectivity index (χ0v) is 14.2. The molecule has 1 amide bonds. The molecule has 2 rings (SSSR count). The van der Waals surface area contributed by atoms with E-state index >= 15 is 0 Å². The van der Waals surface area contributed by atoms with E-state index in [1.165, 1.54) is 0 Å². The number of hydrogen-bond donors (Lipinski definition) is 2. The van der Waals surface area contributed by atoms with E-state index in [1.54, 1.807) is 0 Å². The number of hydrogen-bond acceptors (Lipinski definition) is 5. The molecule has 0 bridgehead atoms. The fourth-order valence-corrected chi connectivity index (χ4v) is 3.32. The molecule has 1 aromatic rings. The minimum absolute atomic E-state index is 0.00404. The van der Waals surface area contributed by atoms with Crippen molar-refractivity contribution in [3.8, 4) is 0 Å². The van der Waals surface area contributed by atoms with Gasteiger partial charge in [0.2, 0.25) is 0 Å². The molecule has 0 aromatic carbocycles. The second kappa shape index (κ2) is 7.86. The van der Waals surface area contributed by atoms with Crippen molar-refractivity contribution in [2.75, 3.05) is 46.4 Å². The molecule has 23 heavy (non-hydrogen) atoms. The average molecular weight is 321 g/mol. The highest BCUT2D eigenvalue weighted by atomic mass is 16.3. The number of likely N-dealkylation sites (tertiary alicyclic amines) is 1. The quantitative estimate of drug-likeness (QED) is 0.788. The van der Waals surface area contributed by atoms with Crippen LogP contribution in [0.25, 0.3) is 0 Å². The highest BCUT2D eigenvalue weighted by molar-refractivity contribution is 5.94. The van der Waals surface area contributed by atoms with Crippen molar-refractivity contribution in [1.29, 1.82) is 0 Å². The average Bonchev–Trinajstić information content (AvgIpc) is 2.88. The zero-order chi connectivity index (χ0) is 17.0. The van der Waals surface area contributed by atoms with Crippen LogP contribution in [-0.4, -0.2) is 77.3 Å². The topological polar surface area (TPSA) is 76.9 Å². The van der Waals surface area contributed by atoms with Crippen LogP contribution in [0.2, 0.25) is 0 Å². The van der Waals surface area contributed by atoms with Gasteiger partial charge in [-0.05, 0) is 38.9 Å². The second-order valence-electron chi connectivity index (χ2n) is 6.54. The third-order valence-corrected chi connectivity index (χ3v) is 4.45. The number of aliphatic hydroxyl groups excluding tert-OH is 2. The maximum atomic E-state index is 12.7. The summed E-state index contributed by atoms with van der Waals surface area (Å²) in [6, 6.07) is 3.63. The van der Waals surface area contributed by atoms with E-state index in [-0.39, 0.29) is 31.0 Å². The van der Waals surface area contributed by atoms with Gasteiger partial charge in [-0.3, -0.25) is 9.78 Å². The Labute approximate surface area is 137 Å². The standard InChI is InChI=1S/C17H27N3O3/c1-12-6-14(7-13(2)18-12)17(23)20-9-15(16(10-20)11-22)8-19(3)4-5-21/h6-7,15-16,21-22H,4-5,8-11H2,1-3H3/t15-,16-/m1/s1. The first kappa shape index (κ1) is 17.8. The molecule has 1 aliphatic heterocycles. The summed E-state index contributed by atoms with van der Waals surface area (Å²) < 4.78 is 0. The van der Waals surface area contributed by atoms with Crippen LogP contribution in [0.4, 0.5) is 0 Å². The Morgan fingerprint density at radius 2 is 1.87 bits per heavy atom. The molecule has 2 heterocycles. The molecule has 2 N–H and O–H groups in total. The summed E-state index contributed by atoms with van der Waals surface area (Å²) in [5, 5.41) is 18.6. The van der Waals surface area contributed by atoms with Crippen LogP contribution in [0.5, 0.6) is 0 Å². The Morgan fingerprint density at radius 1 is 1.26 bits per heavy atom. The minimum Gasteiger partial charge on any atom is -0.396 e. The molecule has 6 nitrogen and oxygen atoms in total. The Morgan fingerprint density at radius 3 is 2.43 bits per heavy atom. The highest BCUT2D eigenvalue weighted by Crippen LogP contribution is 2.25. The number of nitrogens with zero attached hydrogens (tertiary/aromatic N) is 3. The van der Waals surface area contributed by atoms with Gasteiger partial charge in [-0.2, -0.15) is 0 Å². The molecule has 128 valence electrons. The van der Waals surface area contributed by atoms with Crippen molar-refractivity contribution in [2.24, 2.45) is 11.8 Å². The van der Waals surface area contributed by atoms with Gasteiger partial charge in [-0.1, -0.05) is 0 Å². The van der Waals surface area contributed by atoms with Gasteiger partial charge in [0.1, 0.15) is 0 Å². The van der Waals surface area contributed by atoms with Crippen LogP contribution in [0, 0.1) is 25.7 Å².